The monoisotopic (exact) mass is 633 g/mol. The van der Waals surface area contributed by atoms with Crippen molar-refractivity contribution in [3.63, 3.8) is 0 Å². The zero-order valence-corrected chi connectivity index (χ0v) is 26.1. The van der Waals surface area contributed by atoms with Gasteiger partial charge in [0.25, 0.3) is 0 Å². The first-order valence-electron chi connectivity index (χ1n) is 15.1. The van der Waals surface area contributed by atoms with Gasteiger partial charge in [0.1, 0.15) is 12.1 Å². The molecule has 1 fully saturated rings. The van der Waals surface area contributed by atoms with Gasteiger partial charge in [-0.25, -0.2) is 0 Å². The minimum atomic E-state index is -0.562. The number of hydrogen-bond acceptors (Lipinski definition) is 10. The maximum atomic E-state index is 12.5. The SMILES string of the molecule is CCC(=O)N(c1ccccc1)C1CCN(CCNC(=O)CCCC(C)=O)CC1.O=CCNC(=O)CNC(=O)CNC(=O)CNO. The molecule has 1 aliphatic rings. The third-order valence-electron chi connectivity index (χ3n) is 6.73. The number of nitrogens with one attached hydrogen (secondary N) is 5. The highest BCUT2D eigenvalue weighted by molar-refractivity contribution is 5.93. The van der Waals surface area contributed by atoms with E-state index < -0.39 is 17.7 Å². The van der Waals surface area contributed by atoms with Crippen LogP contribution >= 0.6 is 0 Å². The molecule has 1 aromatic rings. The van der Waals surface area contributed by atoms with Crippen LogP contribution in [0.5, 0.6) is 0 Å². The van der Waals surface area contributed by atoms with Crippen LogP contribution in [0, 0.1) is 0 Å². The third kappa shape index (κ3) is 17.6. The van der Waals surface area contributed by atoms with Crippen molar-refractivity contribution in [1.29, 1.82) is 0 Å². The first-order valence-corrected chi connectivity index (χ1v) is 15.1. The van der Waals surface area contributed by atoms with E-state index in [0.717, 1.165) is 38.2 Å². The Morgan fingerprint density at radius 2 is 1.47 bits per heavy atom. The lowest BCUT2D eigenvalue weighted by atomic mass is 10.0. The summed E-state index contributed by atoms with van der Waals surface area (Å²) in [7, 11) is 0. The molecule has 5 amide bonds. The fourth-order valence-corrected chi connectivity index (χ4v) is 4.43. The Morgan fingerprint density at radius 1 is 0.867 bits per heavy atom. The Morgan fingerprint density at radius 3 is 2.02 bits per heavy atom. The number of anilines is 1. The number of aldehydes is 1. The smallest absolute Gasteiger partial charge is 0.239 e. The molecule has 250 valence electrons. The van der Waals surface area contributed by atoms with Crippen LogP contribution in [-0.4, -0.2) is 110 Å². The maximum Gasteiger partial charge on any atom is 0.239 e. The summed E-state index contributed by atoms with van der Waals surface area (Å²) < 4.78 is 0. The van der Waals surface area contributed by atoms with E-state index in [1.165, 1.54) is 0 Å². The number of amides is 5. The molecule has 15 nitrogen and oxygen atoms in total. The fraction of sp³-hybridized carbons (Fsp3) is 0.567. The van der Waals surface area contributed by atoms with Gasteiger partial charge in [-0.2, -0.15) is 5.48 Å². The van der Waals surface area contributed by atoms with Gasteiger partial charge in [0.2, 0.25) is 29.5 Å². The third-order valence-corrected chi connectivity index (χ3v) is 6.73. The molecule has 1 aliphatic heterocycles. The topological polar surface area (TPSA) is 206 Å². The predicted molar refractivity (Wildman–Crippen MR) is 166 cm³/mol. The molecular weight excluding hydrogens is 586 g/mol. The van der Waals surface area contributed by atoms with Gasteiger partial charge in [0.05, 0.1) is 26.2 Å². The van der Waals surface area contributed by atoms with Gasteiger partial charge in [0, 0.05) is 57.2 Å². The summed E-state index contributed by atoms with van der Waals surface area (Å²) in [6.45, 7) is 5.72. The Labute approximate surface area is 263 Å². The number of rotatable bonds is 18. The first-order chi connectivity index (χ1) is 21.6. The summed E-state index contributed by atoms with van der Waals surface area (Å²) in [5.41, 5.74) is 2.60. The van der Waals surface area contributed by atoms with Gasteiger partial charge in [0.15, 0.2) is 0 Å². The molecular formula is C30H47N7O8. The van der Waals surface area contributed by atoms with Crippen molar-refractivity contribution in [3.05, 3.63) is 30.3 Å². The first kappa shape index (κ1) is 38.8. The molecule has 15 heteroatoms. The summed E-state index contributed by atoms with van der Waals surface area (Å²) >= 11 is 0. The van der Waals surface area contributed by atoms with Crippen molar-refractivity contribution >= 4 is 47.3 Å². The van der Waals surface area contributed by atoms with Crippen LogP contribution < -0.4 is 31.6 Å². The number of hydroxylamine groups is 1. The second-order valence-corrected chi connectivity index (χ2v) is 10.3. The van der Waals surface area contributed by atoms with E-state index in [1.54, 1.807) is 12.4 Å². The van der Waals surface area contributed by atoms with Crippen molar-refractivity contribution in [2.45, 2.75) is 58.4 Å². The largest absolute Gasteiger partial charge is 0.355 e. The standard InChI is InChI=1S/C22H33N3O3.C8H14N4O5/c1-3-22(28)25(19-9-5-4-6-10-19)20-12-15-24(16-13-20)17-14-23-21(27)11-7-8-18(2)26;13-2-1-9-6(14)3-10-7(15)4-11-8(16)5-12-17/h4-6,9-10,20H,3,7-8,11-17H2,1-2H3,(H,23,27);2,12,17H,1,3-5H2,(H,9,14)(H,10,15)(H,11,16). The van der Waals surface area contributed by atoms with Gasteiger partial charge in [-0.15, -0.1) is 0 Å². The van der Waals surface area contributed by atoms with Gasteiger partial charge in [-0.1, -0.05) is 25.1 Å². The summed E-state index contributed by atoms with van der Waals surface area (Å²) in [4.78, 5) is 82.2. The lowest BCUT2D eigenvalue weighted by Crippen LogP contribution is -2.48. The molecule has 0 atom stereocenters. The summed E-state index contributed by atoms with van der Waals surface area (Å²) in [5, 5.41) is 17.7. The molecule has 1 aromatic carbocycles. The number of piperidine rings is 1. The van der Waals surface area contributed by atoms with Gasteiger partial charge < -0.3 is 45.9 Å². The van der Waals surface area contributed by atoms with Crippen LogP contribution in [0.15, 0.2) is 30.3 Å². The summed E-state index contributed by atoms with van der Waals surface area (Å²) in [6.07, 6.45) is 4.39. The minimum Gasteiger partial charge on any atom is -0.355 e. The second-order valence-electron chi connectivity index (χ2n) is 10.3. The Kier molecular flexibility index (Phi) is 20.0. The number of benzene rings is 1. The highest BCUT2D eigenvalue weighted by Gasteiger charge is 2.28. The molecule has 0 aliphatic carbocycles. The molecule has 0 bridgehead atoms. The van der Waals surface area contributed by atoms with Crippen molar-refractivity contribution < 1.29 is 38.8 Å². The quantitative estimate of drug-likeness (QED) is 0.0884. The lowest BCUT2D eigenvalue weighted by Gasteiger charge is -2.38. The number of hydrogen-bond donors (Lipinski definition) is 6. The van der Waals surface area contributed by atoms with Crippen LogP contribution in [0.2, 0.25) is 0 Å². The Bertz CT molecular complexity index is 1100. The minimum absolute atomic E-state index is 0.0138. The number of carbonyl (C=O) groups excluding carboxylic acids is 7. The fourth-order valence-electron chi connectivity index (χ4n) is 4.43. The Balaban J connectivity index is 0.000000512. The predicted octanol–water partition coefficient (Wildman–Crippen LogP) is -0.718. The van der Waals surface area contributed by atoms with Crippen LogP contribution in [0.4, 0.5) is 5.69 Å². The van der Waals surface area contributed by atoms with Crippen LogP contribution in [-0.2, 0) is 33.6 Å². The number of Topliss-reactive ketones (excluding diaryl/α,β-unsaturated/α-hetero) is 1. The molecule has 0 saturated carbocycles. The molecule has 6 N–H and O–H groups in total. The second kappa shape index (κ2) is 23.2. The van der Waals surface area contributed by atoms with E-state index in [4.69, 9.17) is 5.21 Å². The van der Waals surface area contributed by atoms with Crippen LogP contribution in [0.1, 0.15) is 52.4 Å². The van der Waals surface area contributed by atoms with E-state index in [9.17, 15) is 33.6 Å². The highest BCUT2D eigenvalue weighted by Crippen LogP contribution is 2.24. The number of nitrogens with zero attached hydrogens (tertiary/aromatic N) is 2. The molecule has 1 heterocycles. The zero-order chi connectivity index (χ0) is 33.5. The molecule has 0 aromatic heterocycles. The molecule has 0 radical (unpaired) electrons. The molecule has 0 spiro atoms. The molecule has 1 saturated heterocycles. The van der Waals surface area contributed by atoms with Crippen molar-refractivity contribution in [2.75, 3.05) is 57.3 Å². The average Bonchev–Trinajstić information content (AvgIpc) is 3.03. The Hall–Kier alpha value is -4.21. The normalized spacial score (nSPS) is 13.0. The molecule has 45 heavy (non-hydrogen) atoms. The summed E-state index contributed by atoms with van der Waals surface area (Å²) in [5.74, 6) is -1.32. The number of para-hydroxylation sites is 1. The molecule has 0 unspecified atom stereocenters. The van der Waals surface area contributed by atoms with Crippen LogP contribution in [0.3, 0.4) is 0 Å². The summed E-state index contributed by atoms with van der Waals surface area (Å²) in [6, 6.07) is 10.1. The molecule has 2 rings (SSSR count). The lowest BCUT2D eigenvalue weighted by molar-refractivity contribution is -0.128. The average molecular weight is 634 g/mol. The van der Waals surface area contributed by atoms with E-state index in [2.05, 4.69) is 26.2 Å². The van der Waals surface area contributed by atoms with Gasteiger partial charge in [-0.3, -0.25) is 24.0 Å². The van der Waals surface area contributed by atoms with E-state index in [-0.39, 0.29) is 49.8 Å². The number of likely N-dealkylation sites (tertiary alicyclic amines) is 1. The van der Waals surface area contributed by atoms with Crippen LogP contribution in [0.25, 0.3) is 0 Å². The van der Waals surface area contributed by atoms with E-state index >= 15 is 0 Å². The van der Waals surface area contributed by atoms with Gasteiger partial charge >= 0.3 is 0 Å². The maximum absolute atomic E-state index is 12.5. The van der Waals surface area contributed by atoms with Crippen molar-refractivity contribution in [1.82, 2.24) is 31.6 Å². The van der Waals surface area contributed by atoms with E-state index in [0.29, 0.717) is 38.5 Å². The van der Waals surface area contributed by atoms with E-state index in [1.807, 2.05) is 42.2 Å². The van der Waals surface area contributed by atoms with Gasteiger partial charge in [-0.05, 0) is 38.3 Å². The zero-order valence-electron chi connectivity index (χ0n) is 26.1. The van der Waals surface area contributed by atoms with Crippen molar-refractivity contribution in [3.8, 4) is 0 Å². The van der Waals surface area contributed by atoms with Crippen molar-refractivity contribution in [2.24, 2.45) is 0 Å². The number of carbonyl (C=O) groups is 7. The number of ketones is 1. The highest BCUT2D eigenvalue weighted by atomic mass is 16.5.